The zero-order chi connectivity index (χ0) is 37.7. The molecular formula is C33H52O17. The molecule has 0 aliphatic heterocycles. The summed E-state index contributed by atoms with van der Waals surface area (Å²) in [6.45, 7) is 1.72. The molecule has 50 heavy (non-hydrogen) atoms. The lowest BCUT2D eigenvalue weighted by atomic mass is 10.1. The highest BCUT2D eigenvalue weighted by Gasteiger charge is 2.34. The SMILES string of the molecule is CC=CC(=O)OCC(O)COC[C@@H](OCC(O)COC(=O)C=CC)[C@@H](OCC(O)COC(=O)C=CC)[C@H](CO)OCC(O)COC(=O)C=CC. The smallest absolute Gasteiger partial charge is 0.330 e. The van der Waals surface area contributed by atoms with E-state index in [0.29, 0.717) is 0 Å². The second kappa shape index (κ2) is 29.2. The van der Waals surface area contributed by atoms with Crippen LogP contribution in [0.15, 0.2) is 48.6 Å². The van der Waals surface area contributed by atoms with E-state index < -0.39 is 126 Å². The molecule has 5 N–H and O–H groups in total. The number of allylic oxidation sites excluding steroid dienone is 4. The number of aliphatic hydroxyl groups excluding tert-OH is 5. The molecule has 0 amide bonds. The molecule has 0 aromatic rings. The van der Waals surface area contributed by atoms with Crippen LogP contribution in [0.2, 0.25) is 0 Å². The van der Waals surface area contributed by atoms with Crippen molar-refractivity contribution in [1.82, 2.24) is 0 Å². The Labute approximate surface area is 291 Å². The van der Waals surface area contributed by atoms with Crippen LogP contribution in [-0.2, 0) is 57.1 Å². The molecule has 286 valence electrons. The van der Waals surface area contributed by atoms with E-state index in [1.807, 2.05) is 0 Å². The van der Waals surface area contributed by atoms with E-state index in [4.69, 9.17) is 37.9 Å². The van der Waals surface area contributed by atoms with Crippen molar-refractivity contribution in [2.45, 2.75) is 70.4 Å². The van der Waals surface area contributed by atoms with Gasteiger partial charge in [0.2, 0.25) is 0 Å². The molecule has 0 aliphatic rings. The van der Waals surface area contributed by atoms with Crippen LogP contribution in [0.1, 0.15) is 27.7 Å². The maximum atomic E-state index is 11.7. The Balaban J connectivity index is 5.97. The fraction of sp³-hybridized carbons (Fsp3) is 0.636. The summed E-state index contributed by atoms with van der Waals surface area (Å²) in [6.07, 6.45) is 1.22. The van der Waals surface area contributed by atoms with Gasteiger partial charge in [0.1, 0.15) is 69.2 Å². The minimum Gasteiger partial charge on any atom is -0.460 e. The molecule has 0 aromatic carbocycles. The first-order chi connectivity index (χ1) is 23.9. The predicted octanol–water partition coefficient (Wildman–Crippen LogP) is -0.928. The van der Waals surface area contributed by atoms with Crippen molar-refractivity contribution < 1.29 is 82.6 Å². The normalized spacial score (nSPS) is 16.3. The number of ether oxygens (including phenoxy) is 8. The average Bonchev–Trinajstić information content (AvgIpc) is 3.08. The molecule has 0 saturated heterocycles. The van der Waals surface area contributed by atoms with Crippen LogP contribution in [0.5, 0.6) is 0 Å². The van der Waals surface area contributed by atoms with Crippen LogP contribution in [-0.4, -0.2) is 158 Å². The standard InChI is InChI=1S/C33H52O17/c1-5-9-29(39)46-17-23(35)14-43-22-28(45-16-25(37)19-48-31(41)11-7-3)33(50-21-26(38)20-49-32(42)12-8-4)27(13-34)44-15-24(36)18-47-30(40)10-6-2/h5-12,23-28,33-38H,13-22H2,1-4H3/t23?,24?,25?,26?,27-,28+,33-/m0/s1. The van der Waals surface area contributed by atoms with Crippen LogP contribution < -0.4 is 0 Å². The van der Waals surface area contributed by atoms with Gasteiger partial charge in [-0.15, -0.1) is 0 Å². The van der Waals surface area contributed by atoms with E-state index in [9.17, 15) is 44.7 Å². The maximum absolute atomic E-state index is 11.7. The van der Waals surface area contributed by atoms with Gasteiger partial charge in [-0.3, -0.25) is 0 Å². The number of aliphatic hydroxyl groups is 5. The first-order valence-electron chi connectivity index (χ1n) is 15.8. The Kier molecular flexibility index (Phi) is 27.2. The topological polar surface area (TPSA) is 243 Å². The lowest BCUT2D eigenvalue weighted by molar-refractivity contribution is -0.191. The van der Waals surface area contributed by atoms with Gasteiger partial charge in [-0.1, -0.05) is 24.3 Å². The lowest BCUT2D eigenvalue weighted by Crippen LogP contribution is -2.49. The average molecular weight is 721 g/mol. The van der Waals surface area contributed by atoms with E-state index in [1.54, 1.807) is 27.7 Å². The van der Waals surface area contributed by atoms with Crippen LogP contribution >= 0.6 is 0 Å². The molecule has 0 aromatic heterocycles. The zero-order valence-electron chi connectivity index (χ0n) is 28.9. The second-order valence-corrected chi connectivity index (χ2v) is 10.4. The van der Waals surface area contributed by atoms with Crippen LogP contribution in [0.25, 0.3) is 0 Å². The minimum atomic E-state index is -1.37. The fourth-order valence-corrected chi connectivity index (χ4v) is 3.60. The first-order valence-corrected chi connectivity index (χ1v) is 15.8. The highest BCUT2D eigenvalue weighted by Crippen LogP contribution is 2.16. The van der Waals surface area contributed by atoms with Gasteiger partial charge in [0.05, 0.1) is 39.6 Å². The van der Waals surface area contributed by atoms with Crippen molar-refractivity contribution in [3.8, 4) is 0 Å². The maximum Gasteiger partial charge on any atom is 0.330 e. The van der Waals surface area contributed by atoms with Crippen LogP contribution in [0.3, 0.4) is 0 Å². The molecule has 0 rings (SSSR count). The first kappa shape index (κ1) is 46.5. The Bertz CT molecular complexity index is 1070. The minimum absolute atomic E-state index is 0.371. The third-order valence-corrected chi connectivity index (χ3v) is 5.87. The molecule has 0 spiro atoms. The van der Waals surface area contributed by atoms with Crippen molar-refractivity contribution in [3.05, 3.63) is 48.6 Å². The quantitative estimate of drug-likeness (QED) is 0.0372. The number of carbonyl (C=O) groups is 4. The summed E-state index contributed by atoms with van der Waals surface area (Å²) >= 11 is 0. The summed E-state index contributed by atoms with van der Waals surface area (Å²) in [5, 5.41) is 51.7. The van der Waals surface area contributed by atoms with Gasteiger partial charge in [-0.05, 0) is 27.7 Å². The largest absolute Gasteiger partial charge is 0.460 e. The molecular weight excluding hydrogens is 668 g/mol. The van der Waals surface area contributed by atoms with E-state index >= 15 is 0 Å². The lowest BCUT2D eigenvalue weighted by Gasteiger charge is -2.34. The molecule has 0 saturated carbocycles. The highest BCUT2D eigenvalue weighted by molar-refractivity contribution is 5.82. The fourth-order valence-electron chi connectivity index (χ4n) is 3.60. The third kappa shape index (κ3) is 23.8. The highest BCUT2D eigenvalue weighted by atomic mass is 16.6. The molecule has 7 atom stereocenters. The third-order valence-electron chi connectivity index (χ3n) is 5.87. The molecule has 0 aliphatic carbocycles. The predicted molar refractivity (Wildman–Crippen MR) is 174 cm³/mol. The summed E-state index contributed by atoms with van der Waals surface area (Å²) in [7, 11) is 0. The van der Waals surface area contributed by atoms with Crippen LogP contribution in [0, 0.1) is 0 Å². The van der Waals surface area contributed by atoms with Crippen molar-refractivity contribution in [2.75, 3.05) is 66.1 Å². The van der Waals surface area contributed by atoms with E-state index in [-0.39, 0.29) is 6.61 Å². The summed E-state index contributed by atoms with van der Waals surface area (Å²) in [5.41, 5.74) is 0. The van der Waals surface area contributed by atoms with Gasteiger partial charge in [-0.2, -0.15) is 0 Å². The second-order valence-electron chi connectivity index (χ2n) is 10.4. The summed E-state index contributed by atoms with van der Waals surface area (Å²) in [6, 6.07) is 0. The van der Waals surface area contributed by atoms with Gasteiger partial charge >= 0.3 is 23.9 Å². The Morgan fingerprint density at radius 1 is 0.460 bits per heavy atom. The number of rotatable bonds is 28. The Morgan fingerprint density at radius 3 is 1.12 bits per heavy atom. The van der Waals surface area contributed by atoms with Crippen molar-refractivity contribution in [3.63, 3.8) is 0 Å². The van der Waals surface area contributed by atoms with Gasteiger partial charge < -0.3 is 63.4 Å². The van der Waals surface area contributed by atoms with Crippen LogP contribution in [0.4, 0.5) is 0 Å². The number of esters is 4. The van der Waals surface area contributed by atoms with Crippen molar-refractivity contribution >= 4 is 23.9 Å². The number of hydrogen-bond acceptors (Lipinski definition) is 17. The Hall–Kier alpha value is -3.52. The van der Waals surface area contributed by atoms with E-state index in [2.05, 4.69) is 0 Å². The molecule has 17 heteroatoms. The molecule has 0 bridgehead atoms. The summed E-state index contributed by atoms with van der Waals surface area (Å²) in [4.78, 5) is 46.5. The molecule has 4 unspecified atom stereocenters. The van der Waals surface area contributed by atoms with Crippen molar-refractivity contribution in [2.24, 2.45) is 0 Å². The molecule has 0 fully saturated rings. The Morgan fingerprint density at radius 2 is 0.780 bits per heavy atom. The molecule has 0 radical (unpaired) electrons. The zero-order valence-corrected chi connectivity index (χ0v) is 28.9. The van der Waals surface area contributed by atoms with E-state index in [1.165, 1.54) is 24.3 Å². The monoisotopic (exact) mass is 720 g/mol. The molecule has 0 heterocycles. The summed E-state index contributed by atoms with van der Waals surface area (Å²) in [5.74, 6) is -2.79. The summed E-state index contributed by atoms with van der Waals surface area (Å²) < 4.78 is 42.6. The van der Waals surface area contributed by atoms with Gasteiger partial charge in [-0.25, -0.2) is 19.2 Å². The van der Waals surface area contributed by atoms with Crippen molar-refractivity contribution in [1.29, 1.82) is 0 Å². The van der Waals surface area contributed by atoms with E-state index in [0.717, 1.165) is 24.3 Å². The number of carbonyl (C=O) groups excluding carboxylic acids is 4. The molecule has 17 nitrogen and oxygen atoms in total. The number of hydrogen-bond donors (Lipinski definition) is 5. The van der Waals surface area contributed by atoms with Gasteiger partial charge in [0.25, 0.3) is 0 Å². The van der Waals surface area contributed by atoms with Gasteiger partial charge in [0, 0.05) is 24.3 Å². The van der Waals surface area contributed by atoms with Gasteiger partial charge in [0.15, 0.2) is 0 Å².